The molecule has 3 aromatic carbocycles. The molecule has 0 bridgehead atoms. The molecule has 96 heavy (non-hydrogen) atoms. The number of rotatable bonds is 15. The van der Waals surface area contributed by atoms with Gasteiger partial charge in [0.2, 0.25) is 23.6 Å². The Bertz CT molecular complexity index is 4140. The van der Waals surface area contributed by atoms with Gasteiger partial charge < -0.3 is 34.9 Å². The minimum atomic E-state index is -1.56. The monoisotopic (exact) mass is 1360 g/mol. The van der Waals surface area contributed by atoms with Crippen LogP contribution < -0.4 is 20.6 Å². The fraction of sp³-hybridized carbons (Fsp3) is 0.413. The van der Waals surface area contributed by atoms with Gasteiger partial charge >= 0.3 is 0 Å². The number of nitrogens with zero attached hydrogens (tertiary/aromatic N) is 12. The molecule has 0 spiro atoms. The second-order valence-electron chi connectivity index (χ2n) is 23.9. The average molecular weight is 1370 g/mol. The first-order valence-electron chi connectivity index (χ1n) is 30.1. The molecule has 6 atom stereocenters. The zero-order valence-electron chi connectivity index (χ0n) is 51.1. The highest BCUT2D eigenvalue weighted by molar-refractivity contribution is 6.02. The number of hydrogen-bond acceptors (Lipinski definition) is 17. The summed E-state index contributed by atoms with van der Waals surface area (Å²) in [6, 6.07) is 7.11. The van der Waals surface area contributed by atoms with Gasteiger partial charge in [-0.15, -0.1) is 12.4 Å². The van der Waals surface area contributed by atoms with Crippen molar-refractivity contribution in [2.75, 3.05) is 40.9 Å². The lowest BCUT2D eigenvalue weighted by Gasteiger charge is -2.25. The van der Waals surface area contributed by atoms with Crippen molar-refractivity contribution in [3.8, 4) is 6.07 Å². The van der Waals surface area contributed by atoms with Crippen LogP contribution in [0, 0.1) is 106 Å². The number of Topliss-reactive ketones (excluding diaryl/α,β-unsaturated/α-hetero) is 3. The van der Waals surface area contributed by atoms with Crippen molar-refractivity contribution in [1.82, 2.24) is 39.5 Å². The van der Waals surface area contributed by atoms with E-state index in [0.29, 0.717) is 106 Å². The molecule has 6 aliphatic rings. The highest BCUT2D eigenvalue weighted by Gasteiger charge is 2.41. The van der Waals surface area contributed by atoms with Crippen LogP contribution in [0.3, 0.4) is 0 Å². The fourth-order valence-electron chi connectivity index (χ4n) is 12.8. The number of fused-ring (bicyclic) bond motifs is 3. The molecule has 5 N–H and O–H groups in total. The van der Waals surface area contributed by atoms with E-state index in [0.717, 1.165) is 47.8 Å². The maximum atomic E-state index is 13.5. The molecule has 23 nitrogen and oxygen atoms in total. The topological polar surface area (TPSA) is 319 Å². The van der Waals surface area contributed by atoms with Gasteiger partial charge in [0.1, 0.15) is 17.3 Å². The Morgan fingerprint density at radius 1 is 0.562 bits per heavy atom. The van der Waals surface area contributed by atoms with Gasteiger partial charge in [0.05, 0.1) is 71.3 Å². The summed E-state index contributed by atoms with van der Waals surface area (Å²) in [6.07, 6.45) is 7.16. The standard InChI is InChI=1S/C22H20F3N5O3.C21H21F3N4O3.C20H17F3N4O2.ClH.H3NO/c1-11-27-22(28-33-11)14-8-20(32)29(10-14)18-9-26-30-3-2-13(7-17(18)30)19(31)6-12-4-15(23)21(25)16(24)5-12;22-14-3-11(4-15(23)21(14)24)5-19(30)12-1-2-28-17(6-12)18(8-26-28)27-9-13(7-20(27)31)16(25)10-29;21-14-3-11(4-15(22)20(14)23)5-18(28)13-1-2-27-16(7-13)17(9-25-27)26-10-12(8-24)6-19(26)29;;1-2/h4-5,9,13-14H,2-3,6-8,10H2,1H3;3-4,8,12-13,25,29H,1-2,5-7,9-10H2;3-4,9,12-13H,1-2,5-7,10H2;1H;2H,1H2. The number of halogens is 10. The van der Waals surface area contributed by atoms with Gasteiger partial charge in [-0.25, -0.2) is 45.4 Å². The highest BCUT2D eigenvalue weighted by Crippen LogP contribution is 2.38. The van der Waals surface area contributed by atoms with Crippen LogP contribution in [-0.4, -0.2) is 117 Å². The minimum absolute atomic E-state index is 0. The third-order valence-corrected chi connectivity index (χ3v) is 17.8. The number of anilines is 3. The lowest BCUT2D eigenvalue weighted by Crippen LogP contribution is -2.31. The van der Waals surface area contributed by atoms with Crippen LogP contribution in [-0.2, 0) is 86.9 Å². The Hall–Kier alpha value is -9.45. The van der Waals surface area contributed by atoms with Gasteiger partial charge in [-0.3, -0.25) is 42.8 Å². The fourth-order valence-corrected chi connectivity index (χ4v) is 12.8. The zero-order chi connectivity index (χ0) is 68.3. The maximum absolute atomic E-state index is 13.5. The van der Waals surface area contributed by atoms with Crippen molar-refractivity contribution in [1.29, 1.82) is 10.7 Å². The van der Waals surface area contributed by atoms with E-state index in [1.54, 1.807) is 44.5 Å². The predicted molar refractivity (Wildman–Crippen MR) is 321 cm³/mol. The molecule has 4 aromatic heterocycles. The molecule has 3 fully saturated rings. The third kappa shape index (κ3) is 15.1. The summed E-state index contributed by atoms with van der Waals surface area (Å²) in [7, 11) is 0. The number of amides is 3. The Labute approximate surface area is 546 Å². The van der Waals surface area contributed by atoms with E-state index in [-0.39, 0.29) is 133 Å². The van der Waals surface area contributed by atoms with Crippen molar-refractivity contribution in [3.63, 3.8) is 0 Å². The predicted octanol–water partition coefficient (Wildman–Crippen LogP) is 7.23. The number of aryl methyl sites for hydroxylation is 4. The number of carbonyl (C=O) groups excluding carboxylic acids is 6. The van der Waals surface area contributed by atoms with Crippen LogP contribution >= 0.6 is 12.4 Å². The normalized spacial score (nSPS) is 20.2. The number of nitrogens with one attached hydrogen (secondary N) is 1. The molecule has 0 radical (unpaired) electrons. The molecule has 508 valence electrons. The van der Waals surface area contributed by atoms with Gasteiger partial charge in [-0.05, 0) is 72.4 Å². The summed E-state index contributed by atoms with van der Waals surface area (Å²) in [5.41, 5.74) is 4.36. The molecule has 10 heterocycles. The molecule has 3 saturated heterocycles. The maximum Gasteiger partial charge on any atom is 0.228 e. The molecular formula is C63H62ClF9N14O9. The summed E-state index contributed by atoms with van der Waals surface area (Å²) in [5.74, 6) is -11.4. The highest BCUT2D eigenvalue weighted by atomic mass is 35.5. The molecule has 7 aromatic rings. The second kappa shape index (κ2) is 30.1. The van der Waals surface area contributed by atoms with E-state index in [9.17, 15) is 73.4 Å². The van der Waals surface area contributed by atoms with Crippen LogP contribution in [0.15, 0.2) is 59.5 Å². The van der Waals surface area contributed by atoms with Gasteiger partial charge in [-0.2, -0.15) is 25.5 Å². The summed E-state index contributed by atoms with van der Waals surface area (Å²) in [4.78, 5) is 84.7. The Kier molecular flexibility index (Phi) is 22.2. The summed E-state index contributed by atoms with van der Waals surface area (Å²) in [5, 5.41) is 49.4. The molecule has 0 saturated carbocycles. The quantitative estimate of drug-likeness (QED) is 0.0340. The number of benzene rings is 3. The summed E-state index contributed by atoms with van der Waals surface area (Å²) >= 11 is 0. The number of nitriles is 1. The smallest absolute Gasteiger partial charge is 0.228 e. The Balaban J connectivity index is 0.000000166. The van der Waals surface area contributed by atoms with Crippen LogP contribution in [0.1, 0.15) is 89.9 Å². The summed E-state index contributed by atoms with van der Waals surface area (Å²) < 4.78 is 131. The molecule has 6 aliphatic heterocycles. The van der Waals surface area contributed by atoms with E-state index in [2.05, 4.69) is 37.4 Å². The lowest BCUT2D eigenvalue weighted by atomic mass is 9.88. The second-order valence-corrected chi connectivity index (χ2v) is 23.9. The molecule has 3 amide bonds. The van der Waals surface area contributed by atoms with Crippen molar-refractivity contribution in [3.05, 3.63) is 153 Å². The van der Waals surface area contributed by atoms with Crippen molar-refractivity contribution in [2.45, 2.75) is 110 Å². The zero-order valence-corrected chi connectivity index (χ0v) is 51.9. The number of aliphatic hydroxyl groups is 1. The van der Waals surface area contributed by atoms with Gasteiger partial charge in [0.25, 0.3) is 0 Å². The van der Waals surface area contributed by atoms with Crippen molar-refractivity contribution >= 4 is 70.3 Å². The van der Waals surface area contributed by atoms with Crippen molar-refractivity contribution < 1.29 is 83.1 Å². The van der Waals surface area contributed by atoms with Crippen LogP contribution in [0.4, 0.5) is 56.6 Å². The van der Waals surface area contributed by atoms with Gasteiger partial charge in [0, 0.05) is 139 Å². The summed E-state index contributed by atoms with van der Waals surface area (Å²) in [6.45, 7) is 3.63. The largest absolute Gasteiger partial charge is 0.390 e. The van der Waals surface area contributed by atoms with Crippen molar-refractivity contribution in [2.24, 2.45) is 35.5 Å². The molecule has 6 unspecified atom stereocenters. The number of aliphatic hydroxyl groups excluding tert-OH is 1. The number of hydrogen-bond donors (Lipinski definition) is 4. The average Bonchev–Trinajstić information content (AvgIpc) is 1.63. The van der Waals surface area contributed by atoms with E-state index in [1.165, 1.54) is 9.80 Å². The van der Waals surface area contributed by atoms with E-state index >= 15 is 0 Å². The minimum Gasteiger partial charge on any atom is -0.390 e. The van der Waals surface area contributed by atoms with Gasteiger partial charge in [-0.1, -0.05) is 5.16 Å². The molecule has 0 aliphatic carbocycles. The molecular weight excluding hydrogens is 1300 g/mol. The lowest BCUT2D eigenvalue weighted by molar-refractivity contribution is -0.123. The van der Waals surface area contributed by atoms with E-state index in [4.69, 9.17) is 20.4 Å². The third-order valence-electron chi connectivity index (χ3n) is 17.8. The SMILES string of the molecule is Cc1nc(C2CC(=O)N(c3cnn4c3CC(C(=O)Cc3cc(F)c(F)c(F)c3)CC4)C2)no1.Cl.N#CC1CC(=O)N(c2cnn3c2CC(C(=O)Cc2cc(F)c(F)c(F)c2)CC3)C1.N=C(CO)C1CC(=O)N(c2cnn3c2CC(C(=O)Cc2cc(F)c(F)c(F)c2)CC3)C1.NO. The Morgan fingerprint density at radius 3 is 1.26 bits per heavy atom. The van der Waals surface area contributed by atoms with Crippen LogP contribution in [0.5, 0.6) is 0 Å². The number of carbonyl (C=O) groups is 6. The first kappa shape index (κ1) is 70.9. The van der Waals surface area contributed by atoms with Crippen LogP contribution in [0.25, 0.3) is 0 Å². The van der Waals surface area contributed by atoms with Crippen LogP contribution in [0.2, 0.25) is 0 Å². The first-order chi connectivity index (χ1) is 45.4. The van der Waals surface area contributed by atoms with E-state index in [1.807, 2.05) is 0 Å². The number of aromatic nitrogens is 8. The molecule has 13 rings (SSSR count). The van der Waals surface area contributed by atoms with Gasteiger partial charge in [0.15, 0.2) is 58.2 Å². The number of ketones is 3. The first-order valence-corrected chi connectivity index (χ1v) is 30.1. The van der Waals surface area contributed by atoms with E-state index < -0.39 is 76.7 Å². The molecule has 33 heteroatoms. The Morgan fingerprint density at radius 2 is 0.917 bits per heavy atom. The number of nitrogens with two attached hydrogens (primary N) is 1.